The summed E-state index contributed by atoms with van der Waals surface area (Å²) >= 11 is 0. The van der Waals surface area contributed by atoms with E-state index in [9.17, 15) is 15.0 Å². The first-order chi connectivity index (χ1) is 10.6. The van der Waals surface area contributed by atoms with Crippen LogP contribution in [0.1, 0.15) is 11.9 Å². The number of hydrogen-bond donors (Lipinski definition) is 2. The van der Waals surface area contributed by atoms with E-state index in [0.29, 0.717) is 11.3 Å². The van der Waals surface area contributed by atoms with Crippen molar-refractivity contribution < 1.29 is 38.7 Å². The molecule has 1 aromatic rings. The molecule has 22 heavy (non-hydrogen) atoms. The largest absolute Gasteiger partial charge is 0.504 e. The first-order valence-electron chi connectivity index (χ1n) is 6.80. The van der Waals surface area contributed by atoms with Gasteiger partial charge in [0, 0.05) is 5.56 Å². The van der Waals surface area contributed by atoms with Crippen LogP contribution in [-0.4, -0.2) is 54.0 Å². The summed E-state index contributed by atoms with van der Waals surface area (Å²) in [6.07, 6.45) is -4.82. The minimum Gasteiger partial charge on any atom is -0.504 e. The van der Waals surface area contributed by atoms with Crippen LogP contribution in [-0.2, 0) is 23.7 Å². The number of rotatable bonds is 2. The fourth-order valence-corrected chi connectivity index (χ4v) is 2.92. The highest BCUT2D eigenvalue weighted by Crippen LogP contribution is 2.44. The Morgan fingerprint density at radius 3 is 2.73 bits per heavy atom. The Labute approximate surface area is 125 Å². The first-order valence-corrected chi connectivity index (χ1v) is 6.80. The lowest BCUT2D eigenvalue weighted by molar-refractivity contribution is -0.173. The second kappa shape index (κ2) is 4.82. The van der Waals surface area contributed by atoms with Crippen molar-refractivity contribution in [2.45, 2.75) is 37.0 Å². The van der Waals surface area contributed by atoms with Gasteiger partial charge in [-0.05, 0) is 12.1 Å². The predicted molar refractivity (Wildman–Crippen MR) is 67.9 cm³/mol. The summed E-state index contributed by atoms with van der Waals surface area (Å²) in [4.78, 5) is 11.4. The number of carbonyl (C=O) groups excluding carboxylic acids is 1. The number of benzene rings is 1. The average Bonchev–Trinajstić information content (AvgIpc) is 3.13. The maximum atomic E-state index is 11.4. The Hall–Kier alpha value is -1.87. The Bertz CT molecular complexity index is 617. The van der Waals surface area contributed by atoms with Gasteiger partial charge < -0.3 is 33.9 Å². The van der Waals surface area contributed by atoms with E-state index in [2.05, 4.69) is 0 Å². The molecule has 0 saturated carbocycles. The van der Waals surface area contributed by atoms with Gasteiger partial charge in [0.05, 0.1) is 7.11 Å². The number of methoxy groups -OCH3 is 1. The standard InChI is InChI=1S/C14H14O8/c1-18-7-4-5(2-3-6(7)15)13-21-11-10-9(20-14(11)22-13)8(16)12(17)19-10/h2-4,8-11,13-16H,1H3/t8?,9?,10?,11?,13-,14?/m0/s1. The molecule has 3 aliphatic heterocycles. The molecule has 3 saturated heterocycles. The van der Waals surface area contributed by atoms with Crippen LogP contribution in [0.4, 0.5) is 0 Å². The third kappa shape index (κ3) is 1.88. The van der Waals surface area contributed by atoms with Gasteiger partial charge in [-0.3, -0.25) is 0 Å². The van der Waals surface area contributed by atoms with Crippen molar-refractivity contribution in [1.82, 2.24) is 0 Å². The van der Waals surface area contributed by atoms with Crippen molar-refractivity contribution in [1.29, 1.82) is 0 Å². The number of esters is 1. The van der Waals surface area contributed by atoms with E-state index in [0.717, 1.165) is 0 Å². The van der Waals surface area contributed by atoms with Crippen LogP contribution in [0.3, 0.4) is 0 Å². The Kier molecular flexibility index (Phi) is 3.01. The molecule has 3 heterocycles. The molecule has 0 radical (unpaired) electrons. The molecule has 1 aromatic carbocycles. The number of phenolic OH excluding ortho intramolecular Hbond substituents is 1. The third-order valence-corrected chi connectivity index (χ3v) is 4.03. The molecule has 3 fully saturated rings. The van der Waals surface area contributed by atoms with Gasteiger partial charge in [-0.25, -0.2) is 4.79 Å². The van der Waals surface area contributed by atoms with Crippen LogP contribution in [0.25, 0.3) is 0 Å². The van der Waals surface area contributed by atoms with Crippen molar-refractivity contribution in [2.75, 3.05) is 7.11 Å². The van der Waals surface area contributed by atoms with Crippen LogP contribution in [0, 0.1) is 0 Å². The summed E-state index contributed by atoms with van der Waals surface area (Å²) in [5.41, 5.74) is 0.633. The number of aliphatic hydroxyl groups excluding tert-OH is 1. The maximum absolute atomic E-state index is 11.4. The Balaban J connectivity index is 1.54. The molecule has 6 atom stereocenters. The van der Waals surface area contributed by atoms with Gasteiger partial charge in [0.2, 0.25) is 0 Å². The van der Waals surface area contributed by atoms with E-state index in [1.807, 2.05) is 0 Å². The number of carbonyl (C=O) groups is 1. The number of ether oxygens (including phenoxy) is 5. The topological polar surface area (TPSA) is 104 Å². The molecule has 118 valence electrons. The molecule has 0 aliphatic carbocycles. The minimum atomic E-state index is -1.31. The summed E-state index contributed by atoms with van der Waals surface area (Å²) in [7, 11) is 1.44. The lowest BCUT2D eigenvalue weighted by Crippen LogP contribution is -2.32. The molecule has 8 heteroatoms. The van der Waals surface area contributed by atoms with Crippen LogP contribution >= 0.6 is 0 Å². The van der Waals surface area contributed by atoms with Crippen LogP contribution in [0.5, 0.6) is 11.5 Å². The van der Waals surface area contributed by atoms with Crippen LogP contribution in [0.2, 0.25) is 0 Å². The lowest BCUT2D eigenvalue weighted by atomic mass is 10.1. The van der Waals surface area contributed by atoms with Gasteiger partial charge in [0.15, 0.2) is 42.4 Å². The van der Waals surface area contributed by atoms with Crippen LogP contribution in [0.15, 0.2) is 18.2 Å². The van der Waals surface area contributed by atoms with Gasteiger partial charge in [0.25, 0.3) is 0 Å². The monoisotopic (exact) mass is 310 g/mol. The summed E-state index contributed by atoms with van der Waals surface area (Å²) in [5.74, 6) is -0.413. The molecule has 2 N–H and O–H groups in total. The van der Waals surface area contributed by atoms with Gasteiger partial charge in [-0.1, -0.05) is 6.07 Å². The molecule has 0 bridgehead atoms. The quantitative estimate of drug-likeness (QED) is 0.725. The Morgan fingerprint density at radius 2 is 1.95 bits per heavy atom. The second-order valence-electron chi connectivity index (χ2n) is 5.32. The SMILES string of the molecule is COc1cc([C@@H]2OC3OC4C(O)C(=O)OC4C3O2)ccc1O. The van der Waals surface area contributed by atoms with E-state index in [4.69, 9.17) is 23.7 Å². The van der Waals surface area contributed by atoms with Crippen LogP contribution < -0.4 is 4.74 Å². The smallest absolute Gasteiger partial charge is 0.338 e. The van der Waals surface area contributed by atoms with Crippen molar-refractivity contribution in [3.05, 3.63) is 23.8 Å². The third-order valence-electron chi connectivity index (χ3n) is 4.03. The molecule has 8 nitrogen and oxygen atoms in total. The van der Waals surface area contributed by atoms with E-state index >= 15 is 0 Å². The molecule has 5 unspecified atom stereocenters. The molecular weight excluding hydrogens is 296 g/mol. The highest BCUT2D eigenvalue weighted by Gasteiger charge is 2.61. The first kappa shape index (κ1) is 13.8. The highest BCUT2D eigenvalue weighted by atomic mass is 16.8. The van der Waals surface area contributed by atoms with E-state index in [1.165, 1.54) is 13.2 Å². The van der Waals surface area contributed by atoms with Gasteiger partial charge in [0.1, 0.15) is 6.10 Å². The van der Waals surface area contributed by atoms with E-state index in [1.54, 1.807) is 12.1 Å². The van der Waals surface area contributed by atoms with Crippen molar-refractivity contribution in [2.24, 2.45) is 0 Å². The number of hydrogen-bond acceptors (Lipinski definition) is 8. The van der Waals surface area contributed by atoms with E-state index < -0.39 is 43.0 Å². The minimum absolute atomic E-state index is 0.00796. The summed E-state index contributed by atoms with van der Waals surface area (Å²) < 4.78 is 27.0. The van der Waals surface area contributed by atoms with Crippen molar-refractivity contribution in [3.8, 4) is 11.5 Å². The number of aromatic hydroxyl groups is 1. The second-order valence-corrected chi connectivity index (χ2v) is 5.32. The average molecular weight is 310 g/mol. The maximum Gasteiger partial charge on any atom is 0.338 e. The molecular formula is C14H14O8. The summed E-state index contributed by atoms with van der Waals surface area (Å²) in [5, 5.41) is 19.3. The van der Waals surface area contributed by atoms with Gasteiger partial charge in [-0.15, -0.1) is 0 Å². The van der Waals surface area contributed by atoms with E-state index in [-0.39, 0.29) is 5.75 Å². The summed E-state index contributed by atoms with van der Waals surface area (Å²) in [6.45, 7) is 0. The Morgan fingerprint density at radius 1 is 1.14 bits per heavy atom. The predicted octanol–water partition coefficient (Wildman–Crippen LogP) is -0.174. The zero-order chi connectivity index (χ0) is 15.4. The number of fused-ring (bicyclic) bond motifs is 3. The zero-order valence-corrected chi connectivity index (χ0v) is 11.5. The molecule has 0 amide bonds. The van der Waals surface area contributed by atoms with Gasteiger partial charge in [-0.2, -0.15) is 0 Å². The fraction of sp³-hybridized carbons (Fsp3) is 0.500. The summed E-state index contributed by atoms with van der Waals surface area (Å²) in [6, 6.07) is 4.70. The number of phenols is 1. The number of aliphatic hydroxyl groups is 1. The fourth-order valence-electron chi connectivity index (χ4n) is 2.92. The molecule has 4 rings (SSSR count). The lowest BCUT2D eigenvalue weighted by Gasteiger charge is -2.17. The van der Waals surface area contributed by atoms with Gasteiger partial charge >= 0.3 is 5.97 Å². The van der Waals surface area contributed by atoms with Crippen molar-refractivity contribution in [3.63, 3.8) is 0 Å². The molecule has 0 aromatic heterocycles. The highest BCUT2D eigenvalue weighted by molar-refractivity contribution is 5.78. The normalized spacial score (nSPS) is 39.5. The molecule has 0 spiro atoms. The van der Waals surface area contributed by atoms with Crippen molar-refractivity contribution >= 4 is 5.97 Å². The zero-order valence-electron chi connectivity index (χ0n) is 11.5. The molecule has 3 aliphatic rings.